The van der Waals surface area contributed by atoms with Gasteiger partial charge in [-0.15, -0.1) is 0 Å². The third-order valence-corrected chi connectivity index (χ3v) is 5.82. The lowest BCUT2D eigenvalue weighted by Gasteiger charge is -2.28. The van der Waals surface area contributed by atoms with Crippen LogP contribution in [-0.2, 0) is 17.6 Å². The highest BCUT2D eigenvalue weighted by Gasteiger charge is 2.24. The molecule has 0 saturated heterocycles. The Labute approximate surface area is 152 Å². The van der Waals surface area contributed by atoms with E-state index in [0.29, 0.717) is 22.5 Å². The molecule has 4 nitrogen and oxygen atoms in total. The van der Waals surface area contributed by atoms with Crippen LogP contribution in [0.2, 0.25) is 5.02 Å². The number of halogens is 1. The lowest BCUT2D eigenvalue weighted by atomic mass is 9.90. The Kier molecular flexibility index (Phi) is 4.74. The van der Waals surface area contributed by atoms with Gasteiger partial charge in [0.25, 0.3) is 0 Å². The van der Waals surface area contributed by atoms with Crippen molar-refractivity contribution in [2.24, 2.45) is 0 Å². The standard InChI is InChI=1S/C20H23ClO4/c1-23-12-6-8-13(9-7-12)24-19-11-18-16(10-17(19)21)14-4-2-3-5-15(14)20(22)25-18/h10-13H,2-9H2,1H3. The molecule has 2 aromatic rings. The van der Waals surface area contributed by atoms with E-state index in [2.05, 4.69) is 0 Å². The van der Waals surface area contributed by atoms with Crippen LogP contribution in [0.5, 0.6) is 5.75 Å². The highest BCUT2D eigenvalue weighted by atomic mass is 35.5. The first kappa shape index (κ1) is 16.9. The van der Waals surface area contributed by atoms with Crippen LogP contribution < -0.4 is 10.4 Å². The molecular formula is C20H23ClO4. The third kappa shape index (κ3) is 3.30. The summed E-state index contributed by atoms with van der Waals surface area (Å²) in [4.78, 5) is 12.3. The Bertz CT molecular complexity index is 834. The topological polar surface area (TPSA) is 48.7 Å². The smallest absolute Gasteiger partial charge is 0.339 e. The summed E-state index contributed by atoms with van der Waals surface area (Å²) in [6.45, 7) is 0. The van der Waals surface area contributed by atoms with Crippen molar-refractivity contribution >= 4 is 22.6 Å². The minimum atomic E-state index is -0.212. The molecule has 4 rings (SSSR count). The van der Waals surface area contributed by atoms with Crippen molar-refractivity contribution < 1.29 is 13.9 Å². The summed E-state index contributed by atoms with van der Waals surface area (Å²) in [5.74, 6) is 0.606. The molecule has 0 atom stereocenters. The Morgan fingerprint density at radius 2 is 1.72 bits per heavy atom. The normalized spacial score (nSPS) is 23.4. The van der Waals surface area contributed by atoms with Gasteiger partial charge in [0.15, 0.2) is 0 Å². The number of hydrogen-bond acceptors (Lipinski definition) is 4. The number of fused-ring (bicyclic) bond motifs is 3. The highest BCUT2D eigenvalue weighted by Crippen LogP contribution is 2.36. The van der Waals surface area contributed by atoms with E-state index >= 15 is 0 Å². The molecule has 0 radical (unpaired) electrons. The molecule has 1 heterocycles. The molecule has 0 spiro atoms. The number of aryl methyl sites for hydroxylation is 1. The largest absolute Gasteiger partial charge is 0.489 e. The van der Waals surface area contributed by atoms with E-state index in [0.717, 1.165) is 67.9 Å². The summed E-state index contributed by atoms with van der Waals surface area (Å²) in [5.41, 5.74) is 2.29. The molecule has 0 N–H and O–H groups in total. The van der Waals surface area contributed by atoms with Gasteiger partial charge < -0.3 is 13.9 Å². The van der Waals surface area contributed by atoms with Crippen LogP contribution in [-0.4, -0.2) is 19.3 Å². The lowest BCUT2D eigenvalue weighted by molar-refractivity contribution is 0.0328. The first-order chi connectivity index (χ1) is 12.2. The zero-order chi connectivity index (χ0) is 17.4. The molecule has 134 valence electrons. The van der Waals surface area contributed by atoms with E-state index in [1.807, 2.05) is 6.07 Å². The zero-order valence-electron chi connectivity index (χ0n) is 14.5. The van der Waals surface area contributed by atoms with Crippen molar-refractivity contribution in [1.82, 2.24) is 0 Å². The van der Waals surface area contributed by atoms with E-state index in [1.165, 1.54) is 0 Å². The molecular weight excluding hydrogens is 340 g/mol. The number of methoxy groups -OCH3 is 1. The first-order valence-electron chi connectivity index (χ1n) is 9.13. The molecule has 5 heteroatoms. The van der Waals surface area contributed by atoms with Gasteiger partial charge in [-0.2, -0.15) is 0 Å². The fraction of sp³-hybridized carbons (Fsp3) is 0.550. The van der Waals surface area contributed by atoms with Crippen molar-refractivity contribution in [2.45, 2.75) is 63.6 Å². The van der Waals surface area contributed by atoms with Crippen molar-refractivity contribution in [1.29, 1.82) is 0 Å². The molecule has 0 amide bonds. The summed E-state index contributed by atoms with van der Waals surface area (Å²) in [7, 11) is 1.76. The maximum atomic E-state index is 12.3. The first-order valence-corrected chi connectivity index (χ1v) is 9.51. The molecule has 25 heavy (non-hydrogen) atoms. The van der Waals surface area contributed by atoms with Gasteiger partial charge in [0.05, 0.1) is 17.2 Å². The highest BCUT2D eigenvalue weighted by molar-refractivity contribution is 6.32. The Morgan fingerprint density at radius 3 is 2.44 bits per heavy atom. The van der Waals surface area contributed by atoms with Gasteiger partial charge in [-0.25, -0.2) is 4.79 Å². The second-order valence-corrected chi connectivity index (χ2v) is 7.49. The van der Waals surface area contributed by atoms with E-state index in [-0.39, 0.29) is 11.7 Å². The van der Waals surface area contributed by atoms with E-state index in [4.69, 9.17) is 25.5 Å². The fourth-order valence-electron chi connectivity index (χ4n) is 4.10. The van der Waals surface area contributed by atoms with Crippen LogP contribution in [0.4, 0.5) is 0 Å². The minimum Gasteiger partial charge on any atom is -0.489 e. The summed E-state index contributed by atoms with van der Waals surface area (Å²) in [6.07, 6.45) is 8.20. The number of rotatable bonds is 3. The van der Waals surface area contributed by atoms with Gasteiger partial charge in [-0.3, -0.25) is 0 Å². The molecule has 1 aromatic heterocycles. The summed E-state index contributed by atoms with van der Waals surface area (Å²) >= 11 is 6.49. The second kappa shape index (κ2) is 7.00. The van der Waals surface area contributed by atoms with Gasteiger partial charge >= 0.3 is 5.63 Å². The lowest BCUT2D eigenvalue weighted by Crippen LogP contribution is -2.27. The fourth-order valence-corrected chi connectivity index (χ4v) is 4.31. The second-order valence-electron chi connectivity index (χ2n) is 7.08. The quantitative estimate of drug-likeness (QED) is 0.745. The van der Waals surface area contributed by atoms with Crippen molar-refractivity contribution in [2.75, 3.05) is 7.11 Å². The van der Waals surface area contributed by atoms with Crippen molar-refractivity contribution in [3.05, 3.63) is 38.7 Å². The van der Waals surface area contributed by atoms with Gasteiger partial charge in [0.1, 0.15) is 11.3 Å². The molecule has 2 aliphatic rings. The van der Waals surface area contributed by atoms with Crippen molar-refractivity contribution in [3.8, 4) is 5.75 Å². The third-order valence-electron chi connectivity index (χ3n) is 5.52. The summed E-state index contributed by atoms with van der Waals surface area (Å²) in [6, 6.07) is 3.69. The molecule has 0 bridgehead atoms. The van der Waals surface area contributed by atoms with Crippen molar-refractivity contribution in [3.63, 3.8) is 0 Å². The molecule has 0 aliphatic heterocycles. The zero-order valence-corrected chi connectivity index (χ0v) is 15.2. The molecule has 2 aliphatic carbocycles. The SMILES string of the molecule is COC1CCC(Oc2cc3oc(=O)c4c(c3cc2Cl)CCCC4)CC1. The van der Waals surface area contributed by atoms with Crippen LogP contribution in [0.15, 0.2) is 21.3 Å². The molecule has 1 fully saturated rings. The number of ether oxygens (including phenoxy) is 2. The Balaban J connectivity index is 1.65. The minimum absolute atomic E-state index is 0.130. The average molecular weight is 363 g/mol. The Morgan fingerprint density at radius 1 is 1.04 bits per heavy atom. The number of hydrogen-bond donors (Lipinski definition) is 0. The van der Waals surface area contributed by atoms with Crippen LogP contribution in [0, 0.1) is 0 Å². The van der Waals surface area contributed by atoms with E-state index in [9.17, 15) is 4.79 Å². The monoisotopic (exact) mass is 362 g/mol. The molecule has 0 unspecified atom stereocenters. The van der Waals surface area contributed by atoms with Crippen LogP contribution in [0.3, 0.4) is 0 Å². The summed E-state index contributed by atoms with van der Waals surface area (Å²) in [5, 5.41) is 1.54. The van der Waals surface area contributed by atoms with Gasteiger partial charge in [-0.1, -0.05) is 11.6 Å². The number of benzene rings is 1. The van der Waals surface area contributed by atoms with Crippen LogP contribution in [0.1, 0.15) is 49.7 Å². The predicted molar refractivity (Wildman–Crippen MR) is 97.8 cm³/mol. The molecule has 1 aromatic carbocycles. The maximum absolute atomic E-state index is 12.3. The predicted octanol–water partition coefficient (Wildman–Crippen LogP) is 4.66. The van der Waals surface area contributed by atoms with E-state index < -0.39 is 0 Å². The molecule has 1 saturated carbocycles. The maximum Gasteiger partial charge on any atom is 0.339 e. The van der Waals surface area contributed by atoms with Gasteiger partial charge in [-0.05, 0) is 63.0 Å². The summed E-state index contributed by atoms with van der Waals surface area (Å²) < 4.78 is 17.1. The van der Waals surface area contributed by atoms with Gasteiger partial charge in [0.2, 0.25) is 0 Å². The van der Waals surface area contributed by atoms with Crippen LogP contribution in [0.25, 0.3) is 11.0 Å². The average Bonchev–Trinajstić information content (AvgIpc) is 2.64. The van der Waals surface area contributed by atoms with Gasteiger partial charge in [0, 0.05) is 24.1 Å². The van der Waals surface area contributed by atoms with Crippen LogP contribution >= 0.6 is 11.6 Å². The van der Waals surface area contributed by atoms with E-state index in [1.54, 1.807) is 13.2 Å². The Hall–Kier alpha value is -1.52.